The maximum absolute atomic E-state index is 11.1. The largest absolute Gasteiger partial charge is 0.463 e. The van der Waals surface area contributed by atoms with Gasteiger partial charge in [0.25, 0.3) is 6.47 Å². The van der Waals surface area contributed by atoms with E-state index in [2.05, 4.69) is 4.74 Å². The summed E-state index contributed by atoms with van der Waals surface area (Å²) in [7, 11) is 0. The maximum atomic E-state index is 11.1. The molecule has 5 unspecified atom stereocenters. The molecule has 0 bridgehead atoms. The molecule has 1 aliphatic heterocycles. The topological polar surface area (TPSA) is 134 Å². The molecule has 1 saturated heterocycles. The lowest BCUT2D eigenvalue weighted by Gasteiger charge is -2.41. The second kappa shape index (κ2) is 7.17. The standard InChI is InChI=1S/C11H17NO8/c1-5(14)17-3-7-9(19-6(2)15)8(12)10(18-4-13)11(16)20-7/h4,7-11,16H,3,12H2,1-2H3. The highest BCUT2D eigenvalue weighted by Crippen LogP contribution is 2.23. The molecule has 1 fully saturated rings. The molecule has 9 heteroatoms. The van der Waals surface area contributed by atoms with Crippen LogP contribution in [0.1, 0.15) is 13.8 Å². The van der Waals surface area contributed by atoms with E-state index in [0.29, 0.717) is 0 Å². The Morgan fingerprint density at radius 2 is 1.95 bits per heavy atom. The highest BCUT2D eigenvalue weighted by molar-refractivity contribution is 5.66. The van der Waals surface area contributed by atoms with Crippen LogP contribution in [0, 0.1) is 0 Å². The molecular formula is C11H17NO8. The summed E-state index contributed by atoms with van der Waals surface area (Å²) in [6.07, 6.45) is -4.69. The predicted molar refractivity (Wildman–Crippen MR) is 62.0 cm³/mol. The van der Waals surface area contributed by atoms with Crippen molar-refractivity contribution in [2.45, 2.75) is 44.5 Å². The summed E-state index contributed by atoms with van der Waals surface area (Å²) in [5, 5.41) is 9.69. The molecule has 114 valence electrons. The predicted octanol–water partition coefficient (Wildman–Crippen LogP) is -1.93. The van der Waals surface area contributed by atoms with Gasteiger partial charge in [0, 0.05) is 13.8 Å². The van der Waals surface area contributed by atoms with Crippen LogP contribution in [-0.2, 0) is 33.3 Å². The summed E-state index contributed by atoms with van der Waals surface area (Å²) in [6, 6.07) is -1.02. The number of aliphatic hydroxyl groups is 1. The molecule has 1 aliphatic rings. The Kier molecular flexibility index (Phi) is 5.86. The summed E-state index contributed by atoms with van der Waals surface area (Å²) >= 11 is 0. The number of nitrogens with two attached hydrogens (primary N) is 1. The van der Waals surface area contributed by atoms with Gasteiger partial charge < -0.3 is 29.8 Å². The van der Waals surface area contributed by atoms with E-state index in [4.69, 9.17) is 19.9 Å². The van der Waals surface area contributed by atoms with Gasteiger partial charge in [-0.3, -0.25) is 14.4 Å². The van der Waals surface area contributed by atoms with Gasteiger partial charge in [0.05, 0.1) is 6.04 Å². The zero-order chi connectivity index (χ0) is 15.3. The minimum atomic E-state index is -1.51. The monoisotopic (exact) mass is 291 g/mol. The van der Waals surface area contributed by atoms with E-state index >= 15 is 0 Å². The lowest BCUT2D eigenvalue weighted by Crippen LogP contribution is -2.64. The molecule has 0 amide bonds. The zero-order valence-corrected chi connectivity index (χ0v) is 11.1. The lowest BCUT2D eigenvalue weighted by molar-refractivity contribution is -0.265. The van der Waals surface area contributed by atoms with Crippen LogP contribution in [0.5, 0.6) is 0 Å². The van der Waals surface area contributed by atoms with Gasteiger partial charge in [0.1, 0.15) is 12.7 Å². The second-order valence-corrected chi connectivity index (χ2v) is 4.22. The molecule has 20 heavy (non-hydrogen) atoms. The number of hydrogen-bond acceptors (Lipinski definition) is 9. The Hall–Kier alpha value is -1.71. The van der Waals surface area contributed by atoms with Crippen molar-refractivity contribution in [1.29, 1.82) is 0 Å². The molecule has 0 aromatic heterocycles. The molecular weight excluding hydrogens is 274 g/mol. The first-order chi connectivity index (χ1) is 9.36. The van der Waals surface area contributed by atoms with Crippen molar-refractivity contribution in [3.8, 4) is 0 Å². The molecule has 1 heterocycles. The van der Waals surface area contributed by atoms with Gasteiger partial charge in [0.2, 0.25) is 0 Å². The molecule has 0 radical (unpaired) electrons. The molecule has 1 rings (SSSR count). The first-order valence-corrected chi connectivity index (χ1v) is 5.85. The normalized spacial score (nSPS) is 33.1. The third-order valence-electron chi connectivity index (χ3n) is 2.69. The van der Waals surface area contributed by atoms with E-state index in [1.165, 1.54) is 6.92 Å². The van der Waals surface area contributed by atoms with Crippen molar-refractivity contribution < 1.29 is 38.4 Å². The van der Waals surface area contributed by atoms with Crippen LogP contribution in [0.4, 0.5) is 0 Å². The molecule has 0 spiro atoms. The van der Waals surface area contributed by atoms with Crippen molar-refractivity contribution >= 4 is 18.4 Å². The Balaban J connectivity index is 2.83. The minimum absolute atomic E-state index is 0.105. The van der Waals surface area contributed by atoms with Crippen LogP contribution in [-0.4, -0.2) is 60.8 Å². The highest BCUT2D eigenvalue weighted by atomic mass is 16.7. The molecule has 5 atom stereocenters. The Bertz CT molecular complexity index is 373. The van der Waals surface area contributed by atoms with Gasteiger partial charge in [-0.2, -0.15) is 0 Å². The van der Waals surface area contributed by atoms with E-state index in [0.717, 1.165) is 6.92 Å². The summed E-state index contributed by atoms with van der Waals surface area (Å²) in [6.45, 7) is 2.20. The fourth-order valence-corrected chi connectivity index (χ4v) is 1.86. The van der Waals surface area contributed by atoms with E-state index in [9.17, 15) is 19.5 Å². The first-order valence-electron chi connectivity index (χ1n) is 5.85. The zero-order valence-electron chi connectivity index (χ0n) is 11.1. The van der Waals surface area contributed by atoms with Crippen LogP contribution < -0.4 is 5.73 Å². The van der Waals surface area contributed by atoms with Gasteiger partial charge in [0.15, 0.2) is 18.5 Å². The third kappa shape index (κ3) is 4.15. The van der Waals surface area contributed by atoms with Crippen LogP contribution in [0.2, 0.25) is 0 Å². The number of carbonyl (C=O) groups is 3. The van der Waals surface area contributed by atoms with Crippen molar-refractivity contribution in [3.05, 3.63) is 0 Å². The number of esters is 2. The van der Waals surface area contributed by atoms with Crippen molar-refractivity contribution in [1.82, 2.24) is 0 Å². The molecule has 0 saturated carbocycles. The second-order valence-electron chi connectivity index (χ2n) is 4.22. The van der Waals surface area contributed by atoms with Gasteiger partial charge >= 0.3 is 11.9 Å². The van der Waals surface area contributed by atoms with Crippen LogP contribution in [0.15, 0.2) is 0 Å². The summed E-state index contributed by atoms with van der Waals surface area (Å²) in [5.74, 6) is -1.20. The van der Waals surface area contributed by atoms with Gasteiger partial charge in [-0.25, -0.2) is 0 Å². The fourth-order valence-electron chi connectivity index (χ4n) is 1.86. The Morgan fingerprint density at radius 1 is 1.30 bits per heavy atom. The molecule has 3 N–H and O–H groups in total. The van der Waals surface area contributed by atoms with E-state index in [1.807, 2.05) is 0 Å². The van der Waals surface area contributed by atoms with Gasteiger partial charge in [-0.1, -0.05) is 0 Å². The quantitative estimate of drug-likeness (QED) is 0.337. The summed E-state index contributed by atoms with van der Waals surface area (Å²) in [4.78, 5) is 32.2. The van der Waals surface area contributed by atoms with Crippen molar-refractivity contribution in [3.63, 3.8) is 0 Å². The average molecular weight is 291 g/mol. The number of hydrogen-bond donors (Lipinski definition) is 2. The van der Waals surface area contributed by atoms with E-state index in [1.54, 1.807) is 0 Å². The van der Waals surface area contributed by atoms with Crippen molar-refractivity contribution in [2.75, 3.05) is 6.61 Å². The molecule has 0 aromatic rings. The van der Waals surface area contributed by atoms with Gasteiger partial charge in [-0.05, 0) is 0 Å². The minimum Gasteiger partial charge on any atom is -0.463 e. The molecule has 0 aromatic carbocycles. The summed E-state index contributed by atoms with van der Waals surface area (Å²) < 4.78 is 19.5. The first kappa shape index (κ1) is 16.3. The lowest BCUT2D eigenvalue weighted by atomic mass is 9.97. The van der Waals surface area contributed by atoms with Crippen molar-refractivity contribution in [2.24, 2.45) is 5.73 Å². The van der Waals surface area contributed by atoms with Gasteiger partial charge in [-0.15, -0.1) is 0 Å². The van der Waals surface area contributed by atoms with Crippen LogP contribution in [0.25, 0.3) is 0 Å². The number of carbonyl (C=O) groups excluding carboxylic acids is 3. The smallest absolute Gasteiger partial charge is 0.303 e. The van der Waals surface area contributed by atoms with Crippen LogP contribution in [0.3, 0.4) is 0 Å². The fraction of sp³-hybridized carbons (Fsp3) is 0.727. The van der Waals surface area contributed by atoms with Crippen LogP contribution >= 0.6 is 0 Å². The SMILES string of the molecule is CC(=O)OCC1OC(O)C(OC=O)C(N)C1OC(C)=O. The number of ether oxygens (including phenoxy) is 4. The number of rotatable bonds is 5. The molecule has 0 aliphatic carbocycles. The Labute approximate surface area is 114 Å². The average Bonchev–Trinajstić information content (AvgIpc) is 2.35. The Morgan fingerprint density at radius 3 is 2.45 bits per heavy atom. The number of aliphatic hydroxyl groups excluding tert-OH is 1. The van der Waals surface area contributed by atoms with E-state index in [-0.39, 0.29) is 13.1 Å². The van der Waals surface area contributed by atoms with E-state index < -0.39 is 42.6 Å². The highest BCUT2D eigenvalue weighted by Gasteiger charge is 2.47. The maximum Gasteiger partial charge on any atom is 0.303 e. The molecule has 9 nitrogen and oxygen atoms in total. The summed E-state index contributed by atoms with van der Waals surface area (Å²) in [5.41, 5.74) is 5.80. The third-order valence-corrected chi connectivity index (χ3v) is 2.69.